The number of piperidine rings is 1. The van der Waals surface area contributed by atoms with Gasteiger partial charge in [0, 0.05) is 23.7 Å². The molecule has 1 saturated heterocycles. The first-order valence-electron chi connectivity index (χ1n) is 7.79. The molecule has 0 spiro atoms. The minimum absolute atomic E-state index is 0.156. The van der Waals surface area contributed by atoms with Gasteiger partial charge in [0.2, 0.25) is 0 Å². The molecule has 0 saturated carbocycles. The van der Waals surface area contributed by atoms with Gasteiger partial charge in [-0.15, -0.1) is 0 Å². The Hall–Kier alpha value is -2.14. The molecule has 5 heteroatoms. The number of nitrogens with zero attached hydrogens (tertiary/aromatic N) is 2. The monoisotopic (exact) mass is 298 g/mol. The van der Waals surface area contributed by atoms with E-state index in [2.05, 4.69) is 22.2 Å². The molecule has 0 aliphatic carbocycles. The van der Waals surface area contributed by atoms with E-state index < -0.39 is 0 Å². The Bertz CT molecular complexity index is 685. The van der Waals surface area contributed by atoms with Crippen LogP contribution in [0.5, 0.6) is 0 Å². The van der Waals surface area contributed by atoms with Gasteiger partial charge in [-0.3, -0.25) is 4.79 Å². The summed E-state index contributed by atoms with van der Waals surface area (Å²) in [6, 6.07) is 9.66. The number of hydrogen-bond acceptors (Lipinski definition) is 4. The van der Waals surface area contributed by atoms with Crippen LogP contribution in [0, 0.1) is 0 Å². The second-order valence-electron chi connectivity index (χ2n) is 5.95. The molecule has 1 aromatic heterocycles. The van der Waals surface area contributed by atoms with Crippen LogP contribution in [0.3, 0.4) is 0 Å². The van der Waals surface area contributed by atoms with Crippen molar-refractivity contribution in [3.63, 3.8) is 0 Å². The number of likely N-dealkylation sites (tertiary alicyclic amines) is 1. The van der Waals surface area contributed by atoms with Gasteiger partial charge in [-0.2, -0.15) is 0 Å². The summed E-state index contributed by atoms with van der Waals surface area (Å²) in [5.74, 6) is -0.156. The zero-order valence-electron chi connectivity index (χ0n) is 12.9. The maximum atomic E-state index is 12.3. The third kappa shape index (κ3) is 3.04. The van der Waals surface area contributed by atoms with Crippen molar-refractivity contribution in [2.75, 3.05) is 25.9 Å². The summed E-state index contributed by atoms with van der Waals surface area (Å²) in [5.41, 5.74) is 7.75. The van der Waals surface area contributed by atoms with Crippen molar-refractivity contribution in [1.82, 2.24) is 15.2 Å². The third-order valence-electron chi connectivity index (χ3n) is 4.40. The zero-order valence-corrected chi connectivity index (χ0v) is 12.9. The number of aromatic nitrogens is 1. The van der Waals surface area contributed by atoms with Crippen molar-refractivity contribution < 1.29 is 4.79 Å². The first kappa shape index (κ1) is 14.8. The van der Waals surface area contributed by atoms with E-state index in [1.54, 1.807) is 6.07 Å². The van der Waals surface area contributed by atoms with E-state index in [0.717, 1.165) is 23.9 Å². The van der Waals surface area contributed by atoms with E-state index in [-0.39, 0.29) is 5.91 Å². The minimum atomic E-state index is -0.156. The van der Waals surface area contributed by atoms with E-state index in [0.29, 0.717) is 24.0 Å². The highest BCUT2D eigenvalue weighted by Crippen LogP contribution is 2.20. The molecular weight excluding hydrogens is 276 g/mol. The number of hydrogen-bond donors (Lipinski definition) is 2. The van der Waals surface area contributed by atoms with Crippen LogP contribution >= 0.6 is 0 Å². The Morgan fingerprint density at radius 1 is 1.41 bits per heavy atom. The van der Waals surface area contributed by atoms with Gasteiger partial charge < -0.3 is 16.0 Å². The SMILES string of the molecule is CN1CCCCC1CNC(=O)c1cc(N)c2ccccc2n1. The van der Waals surface area contributed by atoms with Crippen LogP contribution in [0.1, 0.15) is 29.8 Å². The molecule has 22 heavy (non-hydrogen) atoms. The number of anilines is 1. The first-order chi connectivity index (χ1) is 10.6. The van der Waals surface area contributed by atoms with Gasteiger partial charge in [0.05, 0.1) is 5.52 Å². The maximum Gasteiger partial charge on any atom is 0.270 e. The van der Waals surface area contributed by atoms with E-state index in [9.17, 15) is 4.79 Å². The Morgan fingerprint density at radius 3 is 3.05 bits per heavy atom. The molecule has 3 rings (SSSR count). The summed E-state index contributed by atoms with van der Waals surface area (Å²) in [7, 11) is 2.11. The molecule has 1 amide bonds. The Morgan fingerprint density at radius 2 is 2.23 bits per heavy atom. The summed E-state index contributed by atoms with van der Waals surface area (Å²) < 4.78 is 0. The number of amides is 1. The molecule has 2 aromatic rings. The average Bonchev–Trinajstić information content (AvgIpc) is 2.54. The maximum absolute atomic E-state index is 12.3. The fourth-order valence-corrected chi connectivity index (χ4v) is 3.02. The third-order valence-corrected chi connectivity index (χ3v) is 4.40. The van der Waals surface area contributed by atoms with Crippen molar-refractivity contribution in [2.45, 2.75) is 25.3 Å². The lowest BCUT2D eigenvalue weighted by molar-refractivity contribution is 0.0924. The molecule has 1 aliphatic rings. The van der Waals surface area contributed by atoms with Crippen LogP contribution in [-0.4, -0.2) is 42.0 Å². The summed E-state index contributed by atoms with van der Waals surface area (Å²) in [6.07, 6.45) is 3.60. The minimum Gasteiger partial charge on any atom is -0.398 e. The van der Waals surface area contributed by atoms with E-state index in [1.807, 2.05) is 24.3 Å². The van der Waals surface area contributed by atoms with Crippen molar-refractivity contribution >= 4 is 22.5 Å². The van der Waals surface area contributed by atoms with Gasteiger partial charge in [-0.1, -0.05) is 24.6 Å². The number of fused-ring (bicyclic) bond motifs is 1. The second-order valence-corrected chi connectivity index (χ2v) is 5.95. The number of likely N-dealkylation sites (N-methyl/N-ethyl adjacent to an activating group) is 1. The second kappa shape index (κ2) is 6.32. The summed E-state index contributed by atoms with van der Waals surface area (Å²) in [4.78, 5) is 19.1. The molecule has 1 unspecified atom stereocenters. The molecular formula is C17H22N4O. The van der Waals surface area contributed by atoms with Gasteiger partial charge in [-0.05, 0) is 38.6 Å². The topological polar surface area (TPSA) is 71.2 Å². The lowest BCUT2D eigenvalue weighted by atomic mass is 10.0. The molecule has 5 nitrogen and oxygen atoms in total. The number of nitrogens with one attached hydrogen (secondary N) is 1. The van der Waals surface area contributed by atoms with E-state index in [1.165, 1.54) is 12.8 Å². The van der Waals surface area contributed by atoms with Gasteiger partial charge in [-0.25, -0.2) is 4.98 Å². The van der Waals surface area contributed by atoms with Crippen molar-refractivity contribution in [3.8, 4) is 0 Å². The Kier molecular flexibility index (Phi) is 4.24. The number of carbonyl (C=O) groups excluding carboxylic acids is 1. The fourth-order valence-electron chi connectivity index (χ4n) is 3.02. The van der Waals surface area contributed by atoms with Gasteiger partial charge in [0.15, 0.2) is 0 Å². The summed E-state index contributed by atoms with van der Waals surface area (Å²) >= 11 is 0. The molecule has 0 bridgehead atoms. The zero-order chi connectivity index (χ0) is 15.5. The summed E-state index contributed by atoms with van der Waals surface area (Å²) in [5, 5.41) is 3.87. The number of carbonyl (C=O) groups is 1. The highest BCUT2D eigenvalue weighted by Gasteiger charge is 2.20. The van der Waals surface area contributed by atoms with Crippen molar-refractivity contribution in [1.29, 1.82) is 0 Å². The van der Waals surface area contributed by atoms with Crippen molar-refractivity contribution in [3.05, 3.63) is 36.0 Å². The first-order valence-corrected chi connectivity index (χ1v) is 7.79. The quantitative estimate of drug-likeness (QED) is 0.909. The molecule has 116 valence electrons. The van der Waals surface area contributed by atoms with Crippen LogP contribution in [-0.2, 0) is 0 Å². The predicted molar refractivity (Wildman–Crippen MR) is 88.8 cm³/mol. The number of nitrogen functional groups attached to an aromatic ring is 1. The van der Waals surface area contributed by atoms with Gasteiger partial charge >= 0.3 is 0 Å². The predicted octanol–water partition coefficient (Wildman–Crippen LogP) is 2.03. The summed E-state index contributed by atoms with van der Waals surface area (Å²) in [6.45, 7) is 1.76. The molecule has 3 N–H and O–H groups in total. The van der Waals surface area contributed by atoms with Crippen LogP contribution in [0.2, 0.25) is 0 Å². The standard InChI is InChI=1S/C17H22N4O/c1-21-9-5-4-6-12(21)11-19-17(22)16-10-14(18)13-7-2-3-8-15(13)20-16/h2-3,7-8,10,12H,4-6,9,11H2,1H3,(H2,18,20)(H,19,22). The molecule has 2 heterocycles. The normalized spacial score (nSPS) is 19.2. The average molecular weight is 298 g/mol. The van der Waals surface area contributed by atoms with E-state index >= 15 is 0 Å². The largest absolute Gasteiger partial charge is 0.398 e. The highest BCUT2D eigenvalue weighted by atomic mass is 16.1. The molecule has 1 fully saturated rings. The van der Waals surface area contributed by atoms with Gasteiger partial charge in [0.1, 0.15) is 5.69 Å². The molecule has 0 radical (unpaired) electrons. The number of benzene rings is 1. The number of para-hydroxylation sites is 1. The number of rotatable bonds is 3. The molecule has 1 aromatic carbocycles. The van der Waals surface area contributed by atoms with Crippen LogP contribution in [0.15, 0.2) is 30.3 Å². The molecule has 1 aliphatic heterocycles. The Labute approximate surface area is 130 Å². The number of nitrogens with two attached hydrogens (primary N) is 1. The van der Waals surface area contributed by atoms with Gasteiger partial charge in [0.25, 0.3) is 5.91 Å². The fraction of sp³-hybridized carbons (Fsp3) is 0.412. The smallest absolute Gasteiger partial charge is 0.270 e. The highest BCUT2D eigenvalue weighted by molar-refractivity contribution is 5.99. The van der Waals surface area contributed by atoms with Crippen LogP contribution < -0.4 is 11.1 Å². The number of pyridine rings is 1. The van der Waals surface area contributed by atoms with Crippen LogP contribution in [0.25, 0.3) is 10.9 Å². The Balaban J connectivity index is 1.72. The molecule has 1 atom stereocenters. The van der Waals surface area contributed by atoms with Crippen molar-refractivity contribution in [2.24, 2.45) is 0 Å². The lowest BCUT2D eigenvalue weighted by Crippen LogP contribution is -2.44. The van der Waals surface area contributed by atoms with E-state index in [4.69, 9.17) is 5.73 Å². The van der Waals surface area contributed by atoms with Crippen LogP contribution in [0.4, 0.5) is 5.69 Å². The lowest BCUT2D eigenvalue weighted by Gasteiger charge is -2.32.